The van der Waals surface area contributed by atoms with Crippen molar-refractivity contribution < 1.29 is 22.8 Å². The lowest BCUT2D eigenvalue weighted by Gasteiger charge is -2.32. The van der Waals surface area contributed by atoms with Crippen molar-refractivity contribution in [2.45, 2.75) is 63.4 Å². The van der Waals surface area contributed by atoms with Crippen LogP contribution in [-0.4, -0.2) is 60.5 Å². The van der Waals surface area contributed by atoms with Gasteiger partial charge in [-0.15, -0.1) is 0 Å². The van der Waals surface area contributed by atoms with Crippen LogP contribution in [0.25, 0.3) is 0 Å². The van der Waals surface area contributed by atoms with E-state index in [0.717, 1.165) is 16.3 Å². The van der Waals surface area contributed by atoms with Gasteiger partial charge in [0.15, 0.2) is 0 Å². The Kier molecular flexibility index (Phi) is 8.67. The van der Waals surface area contributed by atoms with Crippen LogP contribution in [0.1, 0.15) is 56.0 Å². The van der Waals surface area contributed by atoms with Gasteiger partial charge in [0.05, 0.1) is 5.56 Å². The van der Waals surface area contributed by atoms with Crippen LogP contribution in [-0.2, 0) is 26.0 Å². The monoisotopic (exact) mass is 499 g/mol. The van der Waals surface area contributed by atoms with Gasteiger partial charge in [-0.3, -0.25) is 14.4 Å². The van der Waals surface area contributed by atoms with Crippen LogP contribution in [0.3, 0.4) is 0 Å². The van der Waals surface area contributed by atoms with Crippen molar-refractivity contribution in [3.8, 4) is 0 Å². The molecule has 1 heterocycles. The van der Waals surface area contributed by atoms with Gasteiger partial charge in [0.2, 0.25) is 11.8 Å². The molecule has 0 aliphatic carbocycles. The Morgan fingerprint density at radius 2 is 1.66 bits per heavy atom. The third-order valence-corrected chi connectivity index (χ3v) is 8.15. The van der Waals surface area contributed by atoms with E-state index in [1.165, 1.54) is 17.0 Å². The lowest BCUT2D eigenvalue weighted by atomic mass is 10.1. The van der Waals surface area contributed by atoms with Gasteiger partial charge in [-0.1, -0.05) is 56.3 Å². The summed E-state index contributed by atoms with van der Waals surface area (Å²) in [5, 5.41) is 2.95. The molecule has 188 valence electrons. The molecule has 0 aromatic heterocycles. The second kappa shape index (κ2) is 11.5. The largest absolute Gasteiger partial charge is 0.352 e. The summed E-state index contributed by atoms with van der Waals surface area (Å²) in [7, 11) is -4.00. The van der Waals surface area contributed by atoms with Crippen LogP contribution in [0.2, 0.25) is 0 Å². The molecule has 2 aromatic carbocycles. The second-order valence-electron chi connectivity index (χ2n) is 8.69. The van der Waals surface area contributed by atoms with E-state index in [-0.39, 0.29) is 41.3 Å². The van der Waals surface area contributed by atoms with Crippen LogP contribution >= 0.6 is 0 Å². The molecule has 0 saturated heterocycles. The van der Waals surface area contributed by atoms with E-state index in [1.54, 1.807) is 12.1 Å². The number of nitrogens with one attached hydrogen (secondary N) is 1. The number of nitrogens with zero attached hydrogens (tertiary/aromatic N) is 2. The molecule has 3 rings (SSSR count). The van der Waals surface area contributed by atoms with Crippen LogP contribution in [0, 0.1) is 0 Å². The fourth-order valence-corrected chi connectivity index (χ4v) is 5.70. The molecule has 1 aliphatic heterocycles. The molecule has 9 heteroatoms. The summed E-state index contributed by atoms with van der Waals surface area (Å²) in [5.41, 5.74) is 1.13. The highest BCUT2D eigenvalue weighted by atomic mass is 32.2. The molecule has 35 heavy (non-hydrogen) atoms. The summed E-state index contributed by atoms with van der Waals surface area (Å²) in [4.78, 5) is 40.6. The van der Waals surface area contributed by atoms with Gasteiger partial charge in [-0.05, 0) is 43.9 Å². The summed E-state index contributed by atoms with van der Waals surface area (Å²) in [5.74, 6) is -1.24. The number of fused-ring (bicyclic) bond motifs is 1. The Morgan fingerprint density at radius 1 is 1.00 bits per heavy atom. The molecule has 0 bridgehead atoms. The van der Waals surface area contributed by atoms with Crippen molar-refractivity contribution in [1.29, 1.82) is 0 Å². The molecule has 2 atom stereocenters. The zero-order chi connectivity index (χ0) is 25.6. The Labute approximate surface area is 207 Å². The fourth-order valence-electron chi connectivity index (χ4n) is 4.13. The topological polar surface area (TPSA) is 104 Å². The van der Waals surface area contributed by atoms with Crippen molar-refractivity contribution in [2.75, 3.05) is 13.1 Å². The highest BCUT2D eigenvalue weighted by Gasteiger charge is 2.41. The summed E-state index contributed by atoms with van der Waals surface area (Å²) in [6.07, 6.45) is 1.51. The van der Waals surface area contributed by atoms with Gasteiger partial charge in [0, 0.05) is 25.6 Å². The molecule has 0 unspecified atom stereocenters. The minimum Gasteiger partial charge on any atom is -0.352 e. The first-order valence-corrected chi connectivity index (χ1v) is 13.4. The maximum Gasteiger partial charge on any atom is 0.269 e. The Morgan fingerprint density at radius 3 is 2.29 bits per heavy atom. The minimum absolute atomic E-state index is 0.0338. The first kappa shape index (κ1) is 26.4. The summed E-state index contributed by atoms with van der Waals surface area (Å²) in [6, 6.07) is 14.9. The number of carbonyl (C=O) groups excluding carboxylic acids is 3. The van der Waals surface area contributed by atoms with Crippen LogP contribution in [0.5, 0.6) is 0 Å². The van der Waals surface area contributed by atoms with Gasteiger partial charge in [0.1, 0.15) is 10.9 Å². The van der Waals surface area contributed by atoms with E-state index in [4.69, 9.17) is 0 Å². The molecular formula is C26H33N3O5S. The predicted molar refractivity (Wildman–Crippen MR) is 133 cm³/mol. The van der Waals surface area contributed by atoms with Gasteiger partial charge in [-0.25, -0.2) is 12.7 Å². The quantitative estimate of drug-likeness (QED) is 0.512. The highest BCUT2D eigenvalue weighted by Crippen LogP contribution is 2.30. The summed E-state index contributed by atoms with van der Waals surface area (Å²) in [6.45, 7) is 5.74. The van der Waals surface area contributed by atoms with Crippen molar-refractivity contribution in [3.63, 3.8) is 0 Å². The SMILES string of the molecule is CC[C@H](C(=O)N[C@@H](C)CC)N(CCc1ccccc1)C(=O)CCN1C(=O)c2ccccc2S1(=O)=O. The van der Waals surface area contributed by atoms with E-state index < -0.39 is 22.0 Å². The molecule has 3 amide bonds. The van der Waals surface area contributed by atoms with E-state index >= 15 is 0 Å². The van der Waals surface area contributed by atoms with E-state index in [0.29, 0.717) is 19.4 Å². The molecule has 0 radical (unpaired) electrons. The number of hydrogen-bond acceptors (Lipinski definition) is 5. The zero-order valence-electron chi connectivity index (χ0n) is 20.4. The molecule has 0 spiro atoms. The molecule has 8 nitrogen and oxygen atoms in total. The fraction of sp³-hybridized carbons (Fsp3) is 0.423. The molecule has 1 aliphatic rings. The maximum atomic E-state index is 13.4. The van der Waals surface area contributed by atoms with Crippen molar-refractivity contribution in [3.05, 3.63) is 65.7 Å². The van der Waals surface area contributed by atoms with Crippen LogP contribution < -0.4 is 5.32 Å². The lowest BCUT2D eigenvalue weighted by molar-refractivity contribution is -0.141. The summed E-state index contributed by atoms with van der Waals surface area (Å²) < 4.78 is 26.5. The van der Waals surface area contributed by atoms with Crippen molar-refractivity contribution in [2.24, 2.45) is 0 Å². The minimum atomic E-state index is -4.00. The lowest BCUT2D eigenvalue weighted by Crippen LogP contribution is -2.52. The average molecular weight is 500 g/mol. The van der Waals surface area contributed by atoms with Gasteiger partial charge in [0.25, 0.3) is 15.9 Å². The van der Waals surface area contributed by atoms with Crippen molar-refractivity contribution in [1.82, 2.24) is 14.5 Å². The second-order valence-corrected chi connectivity index (χ2v) is 10.5. The number of benzene rings is 2. The Bertz CT molecular complexity index is 1170. The molecule has 0 fully saturated rings. The highest BCUT2D eigenvalue weighted by molar-refractivity contribution is 7.90. The summed E-state index contributed by atoms with van der Waals surface area (Å²) >= 11 is 0. The van der Waals surface area contributed by atoms with Gasteiger partial charge < -0.3 is 10.2 Å². The van der Waals surface area contributed by atoms with Crippen LogP contribution in [0.4, 0.5) is 0 Å². The molecule has 0 saturated carbocycles. The Hall–Kier alpha value is -3.20. The van der Waals surface area contributed by atoms with E-state index in [2.05, 4.69) is 5.32 Å². The molecule has 1 N–H and O–H groups in total. The maximum absolute atomic E-state index is 13.4. The van der Waals surface area contributed by atoms with Gasteiger partial charge in [-0.2, -0.15) is 0 Å². The normalized spacial score (nSPS) is 15.9. The average Bonchev–Trinajstić information content (AvgIpc) is 3.05. The first-order valence-electron chi connectivity index (χ1n) is 12.0. The first-order chi connectivity index (χ1) is 16.7. The zero-order valence-corrected chi connectivity index (χ0v) is 21.3. The van der Waals surface area contributed by atoms with Gasteiger partial charge >= 0.3 is 0 Å². The van der Waals surface area contributed by atoms with Crippen LogP contribution in [0.15, 0.2) is 59.5 Å². The standard InChI is InChI=1S/C26H33N3O5S/c1-4-19(3)27-25(31)22(5-2)28(17-15-20-11-7-6-8-12-20)24(30)16-18-29-26(32)21-13-9-10-14-23(21)35(29,33)34/h6-14,19,22H,4-5,15-18H2,1-3H3,(H,27,31)/t19-,22+/m0/s1. The third-order valence-electron chi connectivity index (χ3n) is 6.31. The Balaban J connectivity index is 1.78. The number of carbonyl (C=O) groups is 3. The number of hydrogen-bond donors (Lipinski definition) is 1. The number of rotatable bonds is 11. The number of amides is 3. The van der Waals surface area contributed by atoms with Crippen molar-refractivity contribution >= 4 is 27.7 Å². The molecule has 2 aromatic rings. The third kappa shape index (κ3) is 5.90. The molecular weight excluding hydrogens is 466 g/mol. The predicted octanol–water partition coefficient (Wildman–Crippen LogP) is 2.99. The number of sulfonamides is 1. The van der Waals surface area contributed by atoms with E-state index in [1.807, 2.05) is 51.1 Å². The smallest absolute Gasteiger partial charge is 0.269 e. The van der Waals surface area contributed by atoms with E-state index in [9.17, 15) is 22.8 Å².